The Bertz CT molecular complexity index is 646. The van der Waals surface area contributed by atoms with Gasteiger partial charge in [0, 0.05) is 45.3 Å². The maximum Gasteiger partial charge on any atom is 0.281 e. The smallest absolute Gasteiger partial charge is 0.281 e. The highest BCUT2D eigenvalue weighted by atomic mass is 35.5. The van der Waals surface area contributed by atoms with Gasteiger partial charge in [0.1, 0.15) is 0 Å². The second-order valence-corrected chi connectivity index (χ2v) is 8.31. The minimum absolute atomic E-state index is 0.0106. The van der Waals surface area contributed by atoms with Crippen LogP contribution in [0.2, 0.25) is 5.02 Å². The second kappa shape index (κ2) is 7.61. The van der Waals surface area contributed by atoms with Gasteiger partial charge in [-0.3, -0.25) is 4.79 Å². The fourth-order valence-electron chi connectivity index (χ4n) is 2.49. The van der Waals surface area contributed by atoms with E-state index in [2.05, 4.69) is 0 Å². The Balaban J connectivity index is 1.97. The molecule has 1 aromatic carbocycles. The Kier molecular flexibility index (Phi) is 6.02. The molecule has 0 aromatic heterocycles. The summed E-state index contributed by atoms with van der Waals surface area (Å²) in [6.45, 7) is 1.75. The summed E-state index contributed by atoms with van der Waals surface area (Å²) in [6.07, 6.45) is 0.941. The van der Waals surface area contributed by atoms with Gasteiger partial charge < -0.3 is 4.90 Å². The average Bonchev–Trinajstić information content (AvgIpc) is 2.76. The van der Waals surface area contributed by atoms with E-state index in [9.17, 15) is 13.2 Å². The van der Waals surface area contributed by atoms with Crippen LogP contribution in [0.3, 0.4) is 0 Å². The van der Waals surface area contributed by atoms with Gasteiger partial charge in [-0.2, -0.15) is 17.0 Å². The molecule has 0 spiro atoms. The van der Waals surface area contributed by atoms with Gasteiger partial charge in [-0.05, 0) is 24.1 Å². The third-order valence-corrected chi connectivity index (χ3v) is 6.06. The molecule has 128 valence electrons. The maximum absolute atomic E-state index is 12.4. The van der Waals surface area contributed by atoms with Gasteiger partial charge in [-0.15, -0.1) is 0 Å². The van der Waals surface area contributed by atoms with Crippen molar-refractivity contribution in [2.45, 2.75) is 12.8 Å². The topological polar surface area (TPSA) is 60.9 Å². The van der Waals surface area contributed by atoms with Gasteiger partial charge in [0.2, 0.25) is 5.91 Å². The van der Waals surface area contributed by atoms with Crippen molar-refractivity contribution in [2.75, 3.05) is 40.3 Å². The monoisotopic (exact) mass is 359 g/mol. The molecule has 0 unspecified atom stereocenters. The van der Waals surface area contributed by atoms with Crippen LogP contribution < -0.4 is 0 Å². The summed E-state index contributed by atoms with van der Waals surface area (Å²) in [6, 6.07) is 7.19. The molecule has 0 radical (unpaired) electrons. The number of halogens is 1. The molecule has 0 bridgehead atoms. The summed E-state index contributed by atoms with van der Waals surface area (Å²) in [5.74, 6) is 0.0106. The summed E-state index contributed by atoms with van der Waals surface area (Å²) in [5, 5.41) is 0.639. The largest absolute Gasteiger partial charge is 0.341 e. The van der Waals surface area contributed by atoms with Gasteiger partial charge >= 0.3 is 0 Å². The van der Waals surface area contributed by atoms with Crippen molar-refractivity contribution >= 4 is 27.7 Å². The summed E-state index contributed by atoms with van der Waals surface area (Å²) in [7, 11) is -0.387. The van der Waals surface area contributed by atoms with Crippen LogP contribution in [0.25, 0.3) is 0 Å². The third kappa shape index (κ3) is 4.67. The summed E-state index contributed by atoms with van der Waals surface area (Å²) in [5.41, 5.74) is 0.904. The van der Waals surface area contributed by atoms with Crippen molar-refractivity contribution in [2.24, 2.45) is 0 Å². The minimum Gasteiger partial charge on any atom is -0.341 e. The number of rotatable bonds is 4. The molecule has 2 rings (SSSR count). The van der Waals surface area contributed by atoms with Gasteiger partial charge in [-0.25, -0.2) is 0 Å². The van der Waals surface area contributed by atoms with Crippen molar-refractivity contribution in [1.82, 2.24) is 13.5 Å². The molecule has 0 saturated carbocycles. The third-order valence-electron chi connectivity index (χ3n) is 3.86. The predicted molar refractivity (Wildman–Crippen MR) is 90.5 cm³/mol. The number of nitrogens with zero attached hydrogens (tertiary/aromatic N) is 3. The Hall–Kier alpha value is -1.15. The lowest BCUT2D eigenvalue weighted by Gasteiger charge is -2.24. The van der Waals surface area contributed by atoms with Gasteiger partial charge in [0.15, 0.2) is 0 Å². The SMILES string of the molecule is CN(C)S(=O)(=O)N1CCCN(C(=O)Cc2ccc(Cl)cc2)CC1. The molecule has 6 nitrogen and oxygen atoms in total. The molecule has 23 heavy (non-hydrogen) atoms. The zero-order valence-electron chi connectivity index (χ0n) is 13.4. The molecule has 1 fully saturated rings. The van der Waals surface area contributed by atoms with E-state index in [-0.39, 0.29) is 5.91 Å². The van der Waals surface area contributed by atoms with E-state index in [1.165, 1.54) is 22.7 Å². The minimum atomic E-state index is -3.42. The molecule has 1 saturated heterocycles. The first-order valence-electron chi connectivity index (χ1n) is 7.50. The molecule has 0 N–H and O–H groups in total. The van der Waals surface area contributed by atoms with Gasteiger partial charge in [0.05, 0.1) is 6.42 Å². The lowest BCUT2D eigenvalue weighted by molar-refractivity contribution is -0.130. The zero-order chi connectivity index (χ0) is 17.0. The van der Waals surface area contributed by atoms with E-state index < -0.39 is 10.2 Å². The molecule has 1 amide bonds. The van der Waals surface area contributed by atoms with E-state index in [1.54, 1.807) is 17.0 Å². The number of carbonyl (C=O) groups is 1. The maximum atomic E-state index is 12.4. The highest BCUT2D eigenvalue weighted by molar-refractivity contribution is 7.86. The highest BCUT2D eigenvalue weighted by Crippen LogP contribution is 2.13. The van der Waals surface area contributed by atoms with Crippen LogP contribution >= 0.6 is 11.6 Å². The lowest BCUT2D eigenvalue weighted by atomic mass is 10.1. The van der Waals surface area contributed by atoms with Crippen LogP contribution in [0.1, 0.15) is 12.0 Å². The van der Waals surface area contributed by atoms with Gasteiger partial charge in [-0.1, -0.05) is 23.7 Å². The lowest BCUT2D eigenvalue weighted by Crippen LogP contribution is -2.42. The summed E-state index contributed by atoms with van der Waals surface area (Å²) in [4.78, 5) is 14.1. The summed E-state index contributed by atoms with van der Waals surface area (Å²) >= 11 is 5.84. The van der Waals surface area contributed by atoms with E-state index in [4.69, 9.17) is 11.6 Å². The fraction of sp³-hybridized carbons (Fsp3) is 0.533. The van der Waals surface area contributed by atoms with E-state index in [1.807, 2.05) is 12.1 Å². The molecule has 1 aliphatic rings. The molecule has 0 aliphatic carbocycles. The van der Waals surface area contributed by atoms with Crippen LogP contribution in [0.4, 0.5) is 0 Å². The van der Waals surface area contributed by atoms with Crippen LogP contribution in [0.5, 0.6) is 0 Å². The highest BCUT2D eigenvalue weighted by Gasteiger charge is 2.28. The molecular weight excluding hydrogens is 338 g/mol. The fourth-order valence-corrected chi connectivity index (χ4v) is 3.75. The van der Waals surface area contributed by atoms with Crippen molar-refractivity contribution in [3.05, 3.63) is 34.9 Å². The molecule has 1 aliphatic heterocycles. The number of hydrogen-bond acceptors (Lipinski definition) is 3. The first kappa shape index (κ1) is 18.2. The first-order chi connectivity index (χ1) is 10.8. The number of hydrogen-bond donors (Lipinski definition) is 0. The number of carbonyl (C=O) groups excluding carboxylic acids is 1. The average molecular weight is 360 g/mol. The molecule has 8 heteroatoms. The predicted octanol–water partition coefficient (Wildman–Crippen LogP) is 1.22. The van der Waals surface area contributed by atoms with Gasteiger partial charge in [0.25, 0.3) is 10.2 Å². The van der Waals surface area contributed by atoms with Crippen LogP contribution in [0.15, 0.2) is 24.3 Å². The zero-order valence-corrected chi connectivity index (χ0v) is 15.0. The number of benzene rings is 1. The van der Waals surface area contributed by atoms with Crippen LogP contribution in [-0.4, -0.2) is 68.1 Å². The van der Waals surface area contributed by atoms with Crippen LogP contribution in [-0.2, 0) is 21.4 Å². The second-order valence-electron chi connectivity index (χ2n) is 5.73. The Morgan fingerprint density at radius 2 is 1.78 bits per heavy atom. The molecule has 1 heterocycles. The quantitative estimate of drug-likeness (QED) is 0.812. The standard InChI is InChI=1S/C15H22ClN3O3S/c1-17(2)23(21,22)19-9-3-8-18(10-11-19)15(20)12-13-4-6-14(16)7-5-13/h4-7H,3,8-12H2,1-2H3. The van der Waals surface area contributed by atoms with E-state index in [0.717, 1.165) is 5.56 Å². The van der Waals surface area contributed by atoms with Crippen LogP contribution in [0, 0.1) is 0 Å². The molecule has 0 atom stereocenters. The van der Waals surface area contributed by atoms with Crippen molar-refractivity contribution in [3.63, 3.8) is 0 Å². The van der Waals surface area contributed by atoms with E-state index >= 15 is 0 Å². The number of amides is 1. The molecule has 1 aromatic rings. The van der Waals surface area contributed by atoms with E-state index in [0.29, 0.717) is 44.0 Å². The Labute approximate surface area is 142 Å². The normalized spacial score (nSPS) is 17.3. The van der Waals surface area contributed by atoms with Crippen molar-refractivity contribution in [3.8, 4) is 0 Å². The molecular formula is C15H22ClN3O3S. The van der Waals surface area contributed by atoms with Crippen molar-refractivity contribution < 1.29 is 13.2 Å². The van der Waals surface area contributed by atoms with Crippen molar-refractivity contribution in [1.29, 1.82) is 0 Å². The summed E-state index contributed by atoms with van der Waals surface area (Å²) < 4.78 is 27.0. The Morgan fingerprint density at radius 1 is 1.13 bits per heavy atom. The Morgan fingerprint density at radius 3 is 2.39 bits per heavy atom. The first-order valence-corrected chi connectivity index (χ1v) is 9.28.